The molecule has 38 heteroatoms. The van der Waals surface area contributed by atoms with Crippen LogP contribution in [0.4, 0.5) is 77.7 Å². The molecule has 9 aliphatic rings. The molecule has 35 nitrogen and oxygen atoms in total. The number of piperazine rings is 1. The molecule has 2 amide bonds. The van der Waals surface area contributed by atoms with Gasteiger partial charge in [-0.25, -0.2) is 44.9 Å². The van der Waals surface area contributed by atoms with E-state index < -0.39 is 17.4 Å². The predicted molar refractivity (Wildman–Crippen MR) is 573 cm³/mol. The van der Waals surface area contributed by atoms with Crippen molar-refractivity contribution in [3.05, 3.63) is 106 Å². The number of hydrogen-bond acceptors (Lipinski definition) is 33. The van der Waals surface area contributed by atoms with Crippen LogP contribution in [0.1, 0.15) is 276 Å². The zero-order chi connectivity index (χ0) is 106. The van der Waals surface area contributed by atoms with Crippen molar-refractivity contribution in [2.75, 3.05) is 230 Å². The minimum atomic E-state index is -4.53. The summed E-state index contributed by atoms with van der Waals surface area (Å²) in [5.74, 6) is 9.69. The summed E-state index contributed by atoms with van der Waals surface area (Å²) in [7, 11) is 7.81. The summed E-state index contributed by atoms with van der Waals surface area (Å²) in [6.07, 6.45) is 3.91. The number of nitrogens with zero attached hydrogens (tertiary/aromatic N) is 19. The molecular formula is C106H173F3N28O7. The molecule has 7 aromatic heterocycles. The number of anilines is 11. The minimum Gasteiger partial charge on any atom is -0.383 e. The number of nitrogens with one attached hydrogen (secondary N) is 9. The van der Waals surface area contributed by atoms with E-state index in [-0.39, 0.29) is 56.3 Å². The highest BCUT2D eigenvalue weighted by Gasteiger charge is 2.39. The van der Waals surface area contributed by atoms with Gasteiger partial charge in [0.05, 0.1) is 130 Å². The first kappa shape index (κ1) is 116. The summed E-state index contributed by atoms with van der Waals surface area (Å²) in [5, 5.41) is 29.9. The molecule has 0 aromatic carbocycles. The number of hydrogen-bond donors (Lipinski definition) is 9. The van der Waals surface area contributed by atoms with Gasteiger partial charge in [0.25, 0.3) is 0 Å². The summed E-state index contributed by atoms with van der Waals surface area (Å²) in [4.78, 5) is 94.3. The molecule has 0 unspecified atom stereocenters. The van der Waals surface area contributed by atoms with E-state index in [9.17, 15) is 22.8 Å². The summed E-state index contributed by atoms with van der Waals surface area (Å²) in [6, 6.07) is 18.4. The number of pyridine rings is 1. The third-order valence-corrected chi connectivity index (χ3v) is 25.9. The van der Waals surface area contributed by atoms with Crippen LogP contribution in [0.2, 0.25) is 0 Å². The lowest BCUT2D eigenvalue weighted by molar-refractivity contribution is -0.145. The standard InChI is InChI=1S/C19H29N3O.C16H26N4O.C15H25N5O.C15H26N4O2.C15H26N4O.C14H24N4O.C12H17F3N4/c1-19(2,3)15-7-10-20-17(13-15)21-16-8-11-22(12-9-16)18(23)14-5-4-6-14;1-10(2)15-18-13(16(4,5)6)7-14(19-15)17-12-8-20(9-12)11(3)21;1-15(2,3)12-8-13(17-11-9-21-10-11)19-14(18-12)20-6-4-16-5-7-20;1-15(2,3)12-8-13(19(4)6-7-20-5)18-14(17-12)16-11-9-21-10-11;1-6-7-19(5)13-8-12(15(2,3)4)17-14(18-13)16-11-9-20-10-11;1-6-18(5)13-16-11(14(2,3)4)7-12(17-13)15-10-8-19-9-10;1-11(2,3)8-4-9(17-7-5-16-6-7)19-10(18-8)12(13,14)15/h7,10,13-14,16H,4-6,8-9,11-12H2,1-3H3,(H,20,21);7,10,12H,8-9H2,1-6H3,(H,17,18,19);8,11,16H,4-7,9-10H2,1-3H3,(H,17,18,19);8,11H,6-7,9-10H2,1-5H3,(H,16,17,18);8,11H,6-7,9-10H2,1-5H3,(H,16,17,18);7,10H,6,8-9H2,1-5H3,(H,15,16,17);4,7,16H,5-6H2,1-3H3,(H,17,18,19). The number of carbonyl (C=O) groups excluding carboxylic acids is 2. The Morgan fingerprint density at radius 1 is 0.451 bits per heavy atom. The number of rotatable bonds is 26. The maximum atomic E-state index is 12.8. The van der Waals surface area contributed by atoms with Crippen LogP contribution in [0.5, 0.6) is 0 Å². The third kappa shape index (κ3) is 35.9. The van der Waals surface area contributed by atoms with E-state index in [0.717, 1.165) is 251 Å². The summed E-state index contributed by atoms with van der Waals surface area (Å²) in [5.41, 5.74) is 6.63. The quantitative estimate of drug-likeness (QED) is 0.0243. The van der Waals surface area contributed by atoms with Gasteiger partial charge in [-0.05, 0) is 62.1 Å². The second-order valence-electron chi connectivity index (χ2n) is 46.8. The average molecular weight is 2010 g/mol. The van der Waals surface area contributed by atoms with Crippen molar-refractivity contribution in [2.45, 2.75) is 311 Å². The van der Waals surface area contributed by atoms with Crippen molar-refractivity contribution in [3.8, 4) is 0 Å². The SMILES string of the molecule is CC(=O)N1CC(Nc2cc(C(C)(C)C)nc(C(C)C)n2)C1.CC(C)(C)c1cc(NC2CNC2)nc(C(F)(F)F)n1.CC(C)(C)c1cc(NC2COC2)nc(N2CCNCC2)n1.CC(C)(C)c1ccnc(NC2CCN(C(=O)C3CCC3)CC2)c1.CCCN(C)c1cc(C(C)(C)C)nc(NC2COC2)n1.CCN(C)c1nc(NC2COC2)cc(C(C)(C)C)n1.COCCN(C)c1cc(C(C)(C)C)nc(NC2COC2)n1. The highest BCUT2D eigenvalue weighted by molar-refractivity contribution is 5.79. The van der Waals surface area contributed by atoms with E-state index >= 15 is 0 Å². The van der Waals surface area contributed by atoms with Crippen molar-refractivity contribution >= 4 is 76.3 Å². The van der Waals surface area contributed by atoms with Crippen molar-refractivity contribution in [2.24, 2.45) is 5.92 Å². The largest absolute Gasteiger partial charge is 0.451 e. The molecule has 15 heterocycles. The first-order valence-corrected chi connectivity index (χ1v) is 51.9. The van der Waals surface area contributed by atoms with Gasteiger partial charge in [0.15, 0.2) is 0 Å². The number of aromatic nitrogens is 13. The number of methoxy groups -OCH3 is 1. The van der Waals surface area contributed by atoms with E-state index in [2.05, 4.69) is 317 Å². The Morgan fingerprint density at radius 3 is 1.30 bits per heavy atom. The maximum Gasteiger partial charge on any atom is 0.451 e. The predicted octanol–water partition coefficient (Wildman–Crippen LogP) is 15.4. The highest BCUT2D eigenvalue weighted by Crippen LogP contribution is 2.37. The molecular weight excluding hydrogens is 1830 g/mol. The molecule has 8 saturated heterocycles. The fourth-order valence-corrected chi connectivity index (χ4v) is 15.3. The number of carbonyl (C=O) groups is 2. The first-order chi connectivity index (χ1) is 67.5. The normalized spacial score (nSPS) is 17.4. The second kappa shape index (κ2) is 51.0. The Kier molecular flexibility index (Phi) is 41.0. The van der Waals surface area contributed by atoms with Gasteiger partial charge in [0, 0.05) is 213 Å². The van der Waals surface area contributed by atoms with Crippen molar-refractivity contribution in [3.63, 3.8) is 0 Å². The maximum absolute atomic E-state index is 12.8. The Bertz CT molecular complexity index is 5150. The Morgan fingerprint density at radius 2 is 0.882 bits per heavy atom. The van der Waals surface area contributed by atoms with Crippen molar-refractivity contribution in [1.29, 1.82) is 0 Å². The summed E-state index contributed by atoms with van der Waals surface area (Å²) < 4.78 is 64.3. The number of ether oxygens (including phenoxy) is 5. The van der Waals surface area contributed by atoms with Gasteiger partial charge in [-0.3, -0.25) is 9.59 Å². The van der Waals surface area contributed by atoms with Crippen LogP contribution in [0.25, 0.3) is 0 Å². The third-order valence-electron chi connectivity index (χ3n) is 25.9. The van der Waals surface area contributed by atoms with Crippen LogP contribution >= 0.6 is 0 Å². The molecule has 800 valence electrons. The lowest BCUT2D eigenvalue weighted by atomic mass is 9.84. The Balaban J connectivity index is 0.000000173. The number of halogens is 3. The highest BCUT2D eigenvalue weighted by atomic mass is 19.4. The van der Waals surface area contributed by atoms with Gasteiger partial charge in [-0.2, -0.15) is 33.1 Å². The molecule has 0 radical (unpaired) electrons. The molecule has 9 fully saturated rings. The van der Waals surface area contributed by atoms with Crippen LogP contribution in [0.15, 0.2) is 54.7 Å². The van der Waals surface area contributed by atoms with Crippen LogP contribution in [0, 0.1) is 5.92 Å². The second-order valence-corrected chi connectivity index (χ2v) is 46.8. The number of alkyl halides is 3. The molecule has 1 aliphatic carbocycles. The Hall–Kier alpha value is -10.1. The number of piperidine rings is 1. The van der Waals surface area contributed by atoms with Crippen molar-refractivity contribution < 1.29 is 46.4 Å². The van der Waals surface area contributed by atoms with Gasteiger partial charge in [0.1, 0.15) is 46.5 Å². The fraction of sp³-hybridized carbons (Fsp3) is 0.708. The van der Waals surface area contributed by atoms with E-state index in [1.807, 2.05) is 58.1 Å². The van der Waals surface area contributed by atoms with Gasteiger partial charge in [-0.1, -0.05) is 173 Å². The molecule has 144 heavy (non-hydrogen) atoms. The van der Waals surface area contributed by atoms with Gasteiger partial charge >= 0.3 is 6.18 Å². The zero-order valence-corrected chi connectivity index (χ0v) is 92.2. The zero-order valence-electron chi connectivity index (χ0n) is 92.2. The number of amides is 2. The molecule has 7 aromatic rings. The van der Waals surface area contributed by atoms with Gasteiger partial charge in [0.2, 0.25) is 41.4 Å². The smallest absolute Gasteiger partial charge is 0.383 e. The van der Waals surface area contributed by atoms with E-state index in [4.69, 9.17) is 33.7 Å². The van der Waals surface area contributed by atoms with Crippen molar-refractivity contribution in [1.82, 2.24) is 85.2 Å². The van der Waals surface area contributed by atoms with Gasteiger partial charge < -0.3 is 101 Å². The molecule has 16 rings (SSSR count). The topological polar surface area (TPSA) is 376 Å². The van der Waals surface area contributed by atoms with E-state index in [1.54, 1.807) is 20.1 Å². The molecule has 8 aliphatic heterocycles. The lowest BCUT2D eigenvalue weighted by Crippen LogP contribution is -2.56. The molecule has 0 atom stereocenters. The molecule has 9 N–H and O–H groups in total. The van der Waals surface area contributed by atoms with Crippen LogP contribution in [-0.4, -0.2) is 301 Å². The van der Waals surface area contributed by atoms with Crippen LogP contribution < -0.4 is 67.5 Å². The Labute approximate surface area is 856 Å². The van der Waals surface area contributed by atoms with Crippen LogP contribution in [-0.2, 0) is 77.4 Å². The van der Waals surface area contributed by atoms with Crippen LogP contribution in [0.3, 0.4) is 0 Å². The lowest BCUT2D eigenvalue weighted by Gasteiger charge is -2.39. The minimum absolute atomic E-state index is 0.00591. The summed E-state index contributed by atoms with van der Waals surface area (Å²) >= 11 is 0. The number of likely N-dealkylation sites (N-methyl/N-ethyl adjacent to an activating group) is 1. The monoisotopic (exact) mass is 2010 g/mol. The molecule has 0 spiro atoms. The van der Waals surface area contributed by atoms with E-state index in [0.29, 0.717) is 72.1 Å². The first-order valence-electron chi connectivity index (χ1n) is 51.9. The molecule has 0 bridgehead atoms. The van der Waals surface area contributed by atoms with E-state index in [1.165, 1.54) is 12.0 Å². The fourth-order valence-electron chi connectivity index (χ4n) is 15.3. The number of likely N-dealkylation sites (tertiary alicyclic amines) is 2. The van der Waals surface area contributed by atoms with Gasteiger partial charge in [-0.15, -0.1) is 0 Å². The molecule has 1 saturated carbocycles. The average Bonchev–Trinajstić information content (AvgIpc) is 0.785. The summed E-state index contributed by atoms with van der Waals surface area (Å²) in [6.45, 7) is 72.7.